The molecule has 2 fully saturated rings. The van der Waals surface area contributed by atoms with Gasteiger partial charge in [0.05, 0.1) is 6.61 Å². The van der Waals surface area contributed by atoms with Gasteiger partial charge in [-0.1, -0.05) is 12.8 Å². The molecule has 1 N–H and O–H groups in total. The van der Waals surface area contributed by atoms with Crippen molar-refractivity contribution in [3.8, 4) is 5.75 Å². The van der Waals surface area contributed by atoms with Gasteiger partial charge in [-0.3, -0.25) is 0 Å². The Labute approximate surface area is 175 Å². The van der Waals surface area contributed by atoms with Gasteiger partial charge < -0.3 is 19.7 Å². The van der Waals surface area contributed by atoms with E-state index in [1.807, 2.05) is 12.1 Å². The molecule has 2 heterocycles. The number of rotatable bonds is 8. The van der Waals surface area contributed by atoms with Gasteiger partial charge in [0.2, 0.25) is 0 Å². The Hall–Kier alpha value is -1.46. The monoisotopic (exact) mass is 410 g/mol. The average molecular weight is 411 g/mol. The molecule has 2 aliphatic rings. The number of nitrogens with one attached hydrogen (secondary N) is 1. The van der Waals surface area contributed by atoms with Gasteiger partial charge in [-0.2, -0.15) is 0 Å². The molecule has 1 aromatic carbocycles. The number of carbonyl (C=O) groups is 1. The Morgan fingerprint density at radius 1 is 1.04 bits per heavy atom. The molecule has 2 saturated heterocycles. The van der Waals surface area contributed by atoms with Crippen LogP contribution in [0.5, 0.6) is 5.75 Å². The van der Waals surface area contributed by atoms with Crippen molar-refractivity contribution in [2.24, 2.45) is 11.8 Å². The first-order chi connectivity index (χ1) is 13.2. The summed E-state index contributed by atoms with van der Waals surface area (Å²) in [4.78, 5) is 13.8. The lowest BCUT2D eigenvalue weighted by Crippen LogP contribution is -2.34. The Morgan fingerprint density at radius 3 is 2.25 bits per heavy atom. The van der Waals surface area contributed by atoms with E-state index < -0.39 is 0 Å². The predicted octanol–water partition coefficient (Wildman–Crippen LogP) is 4.05. The van der Waals surface area contributed by atoms with E-state index in [4.69, 9.17) is 9.47 Å². The van der Waals surface area contributed by atoms with Crippen LogP contribution >= 0.6 is 12.4 Å². The minimum Gasteiger partial charge on any atom is -0.482 e. The molecule has 0 unspecified atom stereocenters. The average Bonchev–Trinajstić information content (AvgIpc) is 2.73. The van der Waals surface area contributed by atoms with Crippen molar-refractivity contribution in [1.29, 1.82) is 0 Å². The van der Waals surface area contributed by atoms with Gasteiger partial charge in [0.1, 0.15) is 5.75 Å². The Balaban J connectivity index is 0.00000280. The van der Waals surface area contributed by atoms with Gasteiger partial charge in [-0.15, -0.1) is 12.4 Å². The third-order valence-corrected chi connectivity index (χ3v) is 5.92. The highest BCUT2D eigenvalue weighted by molar-refractivity contribution is 5.85. The van der Waals surface area contributed by atoms with E-state index in [-0.39, 0.29) is 25.0 Å². The number of hydrogen-bond donors (Lipinski definition) is 1. The highest BCUT2D eigenvalue weighted by Crippen LogP contribution is 2.29. The normalized spacial score (nSPS) is 18.4. The molecule has 0 amide bonds. The topological polar surface area (TPSA) is 50.8 Å². The minimum atomic E-state index is -0.326. The second-order valence-corrected chi connectivity index (χ2v) is 7.79. The van der Waals surface area contributed by atoms with E-state index in [2.05, 4.69) is 22.3 Å². The molecule has 0 spiro atoms. The van der Waals surface area contributed by atoms with Crippen molar-refractivity contribution in [2.75, 3.05) is 44.3 Å². The molecule has 0 saturated carbocycles. The standard InChI is InChI=1S/C22H34N2O3.ClH/c1-2-26-22(25)17-27-21-7-5-20(6-8-21)24-15-11-19(12-16-24)4-3-18-9-13-23-14-10-18;/h5-8,18-19,23H,2-4,9-17H2,1H3;1H. The highest BCUT2D eigenvalue weighted by Gasteiger charge is 2.21. The summed E-state index contributed by atoms with van der Waals surface area (Å²) in [5.74, 6) is 2.23. The van der Waals surface area contributed by atoms with Gasteiger partial charge in [0.15, 0.2) is 6.61 Å². The maximum atomic E-state index is 11.4. The number of esters is 1. The SMILES string of the molecule is CCOC(=O)COc1ccc(N2CCC(CCC3CCNCC3)CC2)cc1.Cl. The second-order valence-electron chi connectivity index (χ2n) is 7.79. The van der Waals surface area contributed by atoms with E-state index in [1.165, 1.54) is 57.3 Å². The number of hydrogen-bond acceptors (Lipinski definition) is 5. The first kappa shape index (κ1) is 22.8. The van der Waals surface area contributed by atoms with Crippen LogP contribution in [0.1, 0.15) is 45.4 Å². The lowest BCUT2D eigenvalue weighted by molar-refractivity contribution is -0.145. The van der Waals surface area contributed by atoms with Crippen LogP contribution in [0.2, 0.25) is 0 Å². The fourth-order valence-electron chi connectivity index (χ4n) is 4.22. The summed E-state index contributed by atoms with van der Waals surface area (Å²) < 4.78 is 10.3. The number of halogens is 1. The zero-order valence-electron chi connectivity index (χ0n) is 17.0. The summed E-state index contributed by atoms with van der Waals surface area (Å²) in [6.07, 6.45) is 8.14. The van der Waals surface area contributed by atoms with Crippen LogP contribution in [-0.2, 0) is 9.53 Å². The molecule has 0 atom stereocenters. The smallest absolute Gasteiger partial charge is 0.344 e. The molecule has 5 nitrogen and oxygen atoms in total. The van der Waals surface area contributed by atoms with Crippen molar-refractivity contribution < 1.29 is 14.3 Å². The Morgan fingerprint density at radius 2 is 1.64 bits per heavy atom. The van der Waals surface area contributed by atoms with E-state index in [9.17, 15) is 4.79 Å². The highest BCUT2D eigenvalue weighted by atomic mass is 35.5. The van der Waals surface area contributed by atoms with E-state index >= 15 is 0 Å². The van der Waals surface area contributed by atoms with Gasteiger partial charge in [0, 0.05) is 18.8 Å². The molecule has 0 aromatic heterocycles. The van der Waals surface area contributed by atoms with Crippen molar-refractivity contribution in [1.82, 2.24) is 5.32 Å². The van der Waals surface area contributed by atoms with Crippen LogP contribution in [0.4, 0.5) is 5.69 Å². The molecular weight excluding hydrogens is 376 g/mol. The van der Waals surface area contributed by atoms with E-state index in [0.29, 0.717) is 12.4 Å². The van der Waals surface area contributed by atoms with Gasteiger partial charge in [0.25, 0.3) is 0 Å². The molecule has 0 aliphatic carbocycles. The van der Waals surface area contributed by atoms with Crippen molar-refractivity contribution in [3.63, 3.8) is 0 Å². The lowest BCUT2D eigenvalue weighted by atomic mass is 9.85. The van der Waals surface area contributed by atoms with Crippen LogP contribution < -0.4 is 15.0 Å². The molecule has 0 radical (unpaired) electrons. The quantitative estimate of drug-likeness (QED) is 0.655. The summed E-state index contributed by atoms with van der Waals surface area (Å²) in [7, 11) is 0. The largest absolute Gasteiger partial charge is 0.482 e. The summed E-state index contributed by atoms with van der Waals surface area (Å²) in [5.41, 5.74) is 1.25. The molecule has 3 rings (SSSR count). The van der Waals surface area contributed by atoms with Crippen molar-refractivity contribution >= 4 is 24.1 Å². The van der Waals surface area contributed by atoms with Crippen LogP contribution in [0, 0.1) is 11.8 Å². The lowest BCUT2D eigenvalue weighted by Gasteiger charge is -2.34. The first-order valence-corrected chi connectivity index (χ1v) is 10.6. The molecule has 1 aromatic rings. The summed E-state index contributed by atoms with van der Waals surface area (Å²) in [6.45, 7) is 6.85. The first-order valence-electron chi connectivity index (χ1n) is 10.6. The van der Waals surface area contributed by atoms with Gasteiger partial charge in [-0.05, 0) is 81.8 Å². The van der Waals surface area contributed by atoms with Gasteiger partial charge >= 0.3 is 5.97 Å². The van der Waals surface area contributed by atoms with Crippen molar-refractivity contribution in [2.45, 2.75) is 45.4 Å². The maximum absolute atomic E-state index is 11.4. The summed E-state index contributed by atoms with van der Waals surface area (Å²) in [5, 5.41) is 3.46. The Bertz CT molecular complexity index is 568. The van der Waals surface area contributed by atoms with Crippen LogP contribution in [0.15, 0.2) is 24.3 Å². The zero-order valence-corrected chi connectivity index (χ0v) is 17.8. The zero-order chi connectivity index (χ0) is 18.9. The fraction of sp³-hybridized carbons (Fsp3) is 0.682. The molecule has 28 heavy (non-hydrogen) atoms. The van der Waals surface area contributed by atoms with Crippen molar-refractivity contribution in [3.05, 3.63) is 24.3 Å². The molecule has 0 bridgehead atoms. The molecular formula is C22H35ClN2O3. The van der Waals surface area contributed by atoms with E-state index in [0.717, 1.165) is 24.9 Å². The number of benzene rings is 1. The molecule has 6 heteroatoms. The third-order valence-electron chi connectivity index (χ3n) is 5.92. The maximum Gasteiger partial charge on any atom is 0.344 e. The predicted molar refractivity (Wildman–Crippen MR) is 116 cm³/mol. The third kappa shape index (κ3) is 7.17. The van der Waals surface area contributed by atoms with Crippen LogP contribution in [-0.4, -0.2) is 45.4 Å². The number of ether oxygens (including phenoxy) is 2. The fourth-order valence-corrected chi connectivity index (χ4v) is 4.22. The molecule has 2 aliphatic heterocycles. The molecule has 158 valence electrons. The summed E-state index contributed by atoms with van der Waals surface area (Å²) >= 11 is 0. The second kappa shape index (κ2) is 12.2. The van der Waals surface area contributed by atoms with Crippen LogP contribution in [0.25, 0.3) is 0 Å². The number of piperidine rings is 2. The summed E-state index contributed by atoms with van der Waals surface area (Å²) in [6, 6.07) is 8.07. The van der Waals surface area contributed by atoms with E-state index in [1.54, 1.807) is 6.92 Å². The number of nitrogens with zero attached hydrogens (tertiary/aromatic N) is 1. The van der Waals surface area contributed by atoms with Gasteiger partial charge in [-0.25, -0.2) is 4.79 Å². The number of anilines is 1. The Kier molecular flexibility index (Phi) is 9.93. The minimum absolute atomic E-state index is 0. The van der Waals surface area contributed by atoms with Crippen LogP contribution in [0.3, 0.4) is 0 Å². The number of carbonyl (C=O) groups excluding carboxylic acids is 1.